The zero-order valence-corrected chi connectivity index (χ0v) is 15.0. The number of anilines is 1. The zero-order valence-electron chi connectivity index (χ0n) is 14.2. The van der Waals surface area contributed by atoms with Crippen LogP contribution in [0.4, 0.5) is 5.82 Å². The quantitative estimate of drug-likeness (QED) is 0.723. The third-order valence-electron chi connectivity index (χ3n) is 5.46. The summed E-state index contributed by atoms with van der Waals surface area (Å²) in [7, 11) is 0. The van der Waals surface area contributed by atoms with E-state index in [9.17, 15) is 4.79 Å². The van der Waals surface area contributed by atoms with Crippen LogP contribution in [-0.2, 0) is 9.53 Å². The van der Waals surface area contributed by atoms with E-state index in [4.69, 9.17) is 10.5 Å². The molecule has 3 rings (SSSR count). The lowest BCUT2D eigenvalue weighted by molar-refractivity contribution is -0.130. The van der Waals surface area contributed by atoms with Crippen LogP contribution in [0.1, 0.15) is 63.0 Å². The normalized spacial score (nSPS) is 21.5. The Balaban J connectivity index is 0.00000208. The van der Waals surface area contributed by atoms with Crippen LogP contribution in [0.25, 0.3) is 0 Å². The number of hydrogen-bond acceptors (Lipinski definition) is 4. The number of hydrogen-bond donors (Lipinski definition) is 3. The van der Waals surface area contributed by atoms with E-state index in [1.54, 1.807) is 0 Å². The highest BCUT2D eigenvalue weighted by Crippen LogP contribution is 2.33. The van der Waals surface area contributed by atoms with E-state index in [0.717, 1.165) is 5.69 Å². The van der Waals surface area contributed by atoms with E-state index in [1.165, 1.54) is 38.5 Å². The third kappa shape index (κ3) is 4.29. The van der Waals surface area contributed by atoms with Gasteiger partial charge in [-0.1, -0.05) is 25.7 Å². The molecule has 2 aliphatic rings. The van der Waals surface area contributed by atoms with Gasteiger partial charge in [-0.05, 0) is 25.7 Å². The summed E-state index contributed by atoms with van der Waals surface area (Å²) >= 11 is 0. The summed E-state index contributed by atoms with van der Waals surface area (Å²) in [6.45, 7) is 1.54. The second kappa shape index (κ2) is 8.83. The second-order valence-corrected chi connectivity index (χ2v) is 6.95. The summed E-state index contributed by atoms with van der Waals surface area (Å²) < 4.78 is 5.36. The van der Waals surface area contributed by atoms with Gasteiger partial charge in [-0.2, -0.15) is 5.10 Å². The van der Waals surface area contributed by atoms with Gasteiger partial charge in [0.2, 0.25) is 5.91 Å². The number of carbonyl (C=O) groups is 1. The van der Waals surface area contributed by atoms with Gasteiger partial charge in [0.15, 0.2) is 5.82 Å². The number of nitrogens with zero attached hydrogens (tertiary/aromatic N) is 1. The molecule has 7 heteroatoms. The smallest absolute Gasteiger partial charge is 0.233 e. The summed E-state index contributed by atoms with van der Waals surface area (Å²) in [6.07, 6.45) is 8.98. The molecule has 1 amide bonds. The van der Waals surface area contributed by atoms with Crippen LogP contribution in [0.3, 0.4) is 0 Å². The molecule has 0 atom stereocenters. The van der Waals surface area contributed by atoms with E-state index < -0.39 is 5.41 Å². The number of rotatable bonds is 4. The Hall–Kier alpha value is -1.11. The maximum Gasteiger partial charge on any atom is 0.233 e. The first-order valence-electron chi connectivity index (χ1n) is 8.88. The van der Waals surface area contributed by atoms with Gasteiger partial charge in [0.25, 0.3) is 0 Å². The largest absolute Gasteiger partial charge is 0.381 e. The molecule has 0 radical (unpaired) electrons. The van der Waals surface area contributed by atoms with E-state index >= 15 is 0 Å². The van der Waals surface area contributed by atoms with Gasteiger partial charge in [-0.15, -0.1) is 12.4 Å². The monoisotopic (exact) mass is 356 g/mol. The fourth-order valence-corrected chi connectivity index (χ4v) is 3.74. The van der Waals surface area contributed by atoms with Crippen molar-refractivity contribution in [3.63, 3.8) is 0 Å². The molecule has 1 saturated carbocycles. The molecule has 1 aromatic rings. The van der Waals surface area contributed by atoms with Crippen molar-refractivity contribution in [2.75, 3.05) is 25.1 Å². The summed E-state index contributed by atoms with van der Waals surface area (Å²) in [5.74, 6) is 1.14. The first kappa shape index (κ1) is 19.2. The number of aromatic nitrogens is 2. The number of carbonyl (C=O) groups excluding carboxylic acids is 1. The predicted molar refractivity (Wildman–Crippen MR) is 96.4 cm³/mol. The number of nitrogens with two attached hydrogens (primary N) is 1. The molecule has 6 nitrogen and oxygen atoms in total. The van der Waals surface area contributed by atoms with Gasteiger partial charge in [0.1, 0.15) is 0 Å². The van der Waals surface area contributed by atoms with E-state index in [-0.39, 0.29) is 18.3 Å². The van der Waals surface area contributed by atoms with Gasteiger partial charge in [0, 0.05) is 37.4 Å². The molecule has 136 valence electrons. The summed E-state index contributed by atoms with van der Waals surface area (Å²) in [6, 6.07) is 2.00. The minimum absolute atomic E-state index is 0. The van der Waals surface area contributed by atoms with Gasteiger partial charge < -0.3 is 15.8 Å². The fourth-order valence-electron chi connectivity index (χ4n) is 3.74. The molecule has 0 spiro atoms. The van der Waals surface area contributed by atoms with Crippen molar-refractivity contribution in [1.29, 1.82) is 0 Å². The third-order valence-corrected chi connectivity index (χ3v) is 5.46. The van der Waals surface area contributed by atoms with Crippen molar-refractivity contribution >= 4 is 24.1 Å². The lowest BCUT2D eigenvalue weighted by atomic mass is 9.79. The topological polar surface area (TPSA) is 93.0 Å². The minimum Gasteiger partial charge on any atom is -0.381 e. The maximum absolute atomic E-state index is 12.7. The molecule has 1 aromatic heterocycles. The predicted octanol–water partition coefficient (Wildman–Crippen LogP) is 2.96. The zero-order chi connectivity index (χ0) is 16.1. The number of amides is 1. The molecule has 0 bridgehead atoms. The molecule has 0 unspecified atom stereocenters. The molecule has 2 fully saturated rings. The molecular formula is C17H29ClN4O2. The summed E-state index contributed by atoms with van der Waals surface area (Å²) in [5.41, 5.74) is 6.52. The number of ether oxygens (including phenoxy) is 1. The molecule has 1 saturated heterocycles. The molecule has 1 aliphatic heterocycles. The molecule has 4 N–H and O–H groups in total. The van der Waals surface area contributed by atoms with Crippen molar-refractivity contribution in [2.45, 2.75) is 57.3 Å². The van der Waals surface area contributed by atoms with Crippen LogP contribution in [0.15, 0.2) is 6.07 Å². The van der Waals surface area contributed by atoms with E-state index in [0.29, 0.717) is 44.3 Å². The standard InChI is InChI=1S/C17H28N4O2.ClH/c18-12-17(7-9-23-10-8-17)16(22)19-15-11-14(20-21-15)13-5-3-1-2-4-6-13;/h11,13H,1-10,12,18H2,(H2,19,20,21,22);1H. The van der Waals surface area contributed by atoms with Gasteiger partial charge in [-0.25, -0.2) is 0 Å². The first-order valence-corrected chi connectivity index (χ1v) is 8.88. The van der Waals surface area contributed by atoms with E-state index in [2.05, 4.69) is 15.5 Å². The Bertz CT molecular complexity index is 520. The lowest BCUT2D eigenvalue weighted by Gasteiger charge is -2.34. The Kier molecular flexibility index (Phi) is 7.07. The van der Waals surface area contributed by atoms with Crippen molar-refractivity contribution in [2.24, 2.45) is 11.1 Å². The summed E-state index contributed by atoms with van der Waals surface area (Å²) in [5, 5.41) is 10.4. The highest BCUT2D eigenvalue weighted by Gasteiger charge is 2.39. The molecule has 24 heavy (non-hydrogen) atoms. The molecule has 2 heterocycles. The minimum atomic E-state index is -0.514. The number of H-pyrrole nitrogens is 1. The maximum atomic E-state index is 12.7. The second-order valence-electron chi connectivity index (χ2n) is 6.95. The van der Waals surface area contributed by atoms with Crippen LogP contribution in [0.2, 0.25) is 0 Å². The Morgan fingerprint density at radius 2 is 1.96 bits per heavy atom. The van der Waals surface area contributed by atoms with Crippen LogP contribution in [0, 0.1) is 5.41 Å². The van der Waals surface area contributed by atoms with Crippen LogP contribution in [0.5, 0.6) is 0 Å². The number of nitrogens with one attached hydrogen (secondary N) is 2. The SMILES string of the molecule is Cl.NCC1(C(=O)Nc2cc(C3CCCCCC3)[nH]n2)CCOCC1. The molecular weight excluding hydrogens is 328 g/mol. The van der Waals surface area contributed by atoms with Crippen molar-refractivity contribution in [3.05, 3.63) is 11.8 Å². The molecule has 1 aliphatic carbocycles. The average molecular weight is 357 g/mol. The number of aromatic amines is 1. The highest BCUT2D eigenvalue weighted by atomic mass is 35.5. The first-order chi connectivity index (χ1) is 11.2. The van der Waals surface area contributed by atoms with Crippen LogP contribution >= 0.6 is 12.4 Å². The van der Waals surface area contributed by atoms with Crippen LogP contribution in [-0.4, -0.2) is 35.9 Å². The Labute approximate surface area is 149 Å². The lowest BCUT2D eigenvalue weighted by Crippen LogP contribution is -2.46. The average Bonchev–Trinajstić information content (AvgIpc) is 2.88. The van der Waals surface area contributed by atoms with Crippen molar-refractivity contribution < 1.29 is 9.53 Å². The number of halogens is 1. The Morgan fingerprint density at radius 1 is 1.29 bits per heavy atom. The van der Waals surface area contributed by atoms with E-state index in [1.807, 2.05) is 6.07 Å². The van der Waals surface area contributed by atoms with Gasteiger partial charge in [-0.3, -0.25) is 9.89 Å². The van der Waals surface area contributed by atoms with Crippen molar-refractivity contribution in [3.8, 4) is 0 Å². The summed E-state index contributed by atoms with van der Waals surface area (Å²) in [4.78, 5) is 12.7. The van der Waals surface area contributed by atoms with Crippen molar-refractivity contribution in [1.82, 2.24) is 10.2 Å². The van der Waals surface area contributed by atoms with Gasteiger partial charge >= 0.3 is 0 Å². The highest BCUT2D eigenvalue weighted by molar-refractivity contribution is 5.94. The Morgan fingerprint density at radius 3 is 2.58 bits per heavy atom. The van der Waals surface area contributed by atoms with Crippen LogP contribution < -0.4 is 11.1 Å². The fraction of sp³-hybridized carbons (Fsp3) is 0.765. The van der Waals surface area contributed by atoms with Gasteiger partial charge in [0.05, 0.1) is 5.41 Å². The molecule has 0 aromatic carbocycles.